The third kappa shape index (κ3) is 5.58. The van der Waals surface area contributed by atoms with E-state index >= 15 is 0 Å². The number of nitrogens with one attached hydrogen (secondary N) is 1. The first kappa shape index (κ1) is 27.4. The molecule has 1 aliphatic carbocycles. The Morgan fingerprint density at radius 1 is 0.975 bits per heavy atom. The fourth-order valence-electron chi connectivity index (χ4n) is 5.57. The Morgan fingerprint density at radius 3 is 2.17 bits per heavy atom. The van der Waals surface area contributed by atoms with Gasteiger partial charge in [-0.1, -0.05) is 78.9 Å². The van der Waals surface area contributed by atoms with Crippen LogP contribution in [0.15, 0.2) is 78.9 Å². The number of ether oxygens (including phenoxy) is 2. The lowest BCUT2D eigenvalue weighted by Gasteiger charge is -2.29. The van der Waals surface area contributed by atoms with Crippen LogP contribution in [0.5, 0.6) is 0 Å². The molecule has 0 aromatic heterocycles. The molecule has 3 aromatic rings. The number of nitrogens with zero attached hydrogens (tertiary/aromatic N) is 1. The highest BCUT2D eigenvalue weighted by Gasteiger charge is 2.44. The maximum atomic E-state index is 13.6. The molecule has 0 spiro atoms. The molecule has 0 bridgehead atoms. The molecule has 2 aliphatic rings. The zero-order chi connectivity index (χ0) is 28.3. The number of benzene rings is 3. The lowest BCUT2D eigenvalue weighted by Crippen LogP contribution is -2.54. The molecular weight excluding hydrogens is 508 g/mol. The summed E-state index contributed by atoms with van der Waals surface area (Å²) in [6, 6.07) is 24.6. The third-order valence-electron chi connectivity index (χ3n) is 8.01. The fraction of sp³-hybridized carbons (Fsp3) is 0.344. The highest BCUT2D eigenvalue weighted by atomic mass is 16.5. The van der Waals surface area contributed by atoms with Crippen molar-refractivity contribution >= 4 is 18.0 Å². The molecular formula is C32H34N2O6. The largest absolute Gasteiger partial charge is 0.481 e. The lowest BCUT2D eigenvalue weighted by molar-refractivity contribution is -0.147. The lowest BCUT2D eigenvalue weighted by atomic mass is 9.90. The topological polar surface area (TPSA) is 105 Å². The highest BCUT2D eigenvalue weighted by Crippen LogP contribution is 2.44. The quantitative estimate of drug-likeness (QED) is 0.402. The van der Waals surface area contributed by atoms with Gasteiger partial charge in [-0.05, 0) is 48.1 Å². The maximum absolute atomic E-state index is 13.6. The minimum Gasteiger partial charge on any atom is -0.481 e. The van der Waals surface area contributed by atoms with Crippen molar-refractivity contribution < 1.29 is 29.0 Å². The molecule has 1 aliphatic heterocycles. The van der Waals surface area contributed by atoms with Gasteiger partial charge in [0, 0.05) is 19.0 Å². The molecule has 1 saturated heterocycles. The van der Waals surface area contributed by atoms with Crippen LogP contribution in [0.4, 0.5) is 4.79 Å². The molecule has 1 unspecified atom stereocenters. The van der Waals surface area contributed by atoms with Gasteiger partial charge in [0.05, 0.1) is 18.1 Å². The molecule has 0 saturated carbocycles. The van der Waals surface area contributed by atoms with Crippen molar-refractivity contribution in [2.75, 3.05) is 19.7 Å². The van der Waals surface area contributed by atoms with Gasteiger partial charge in [-0.2, -0.15) is 0 Å². The monoisotopic (exact) mass is 542 g/mol. The van der Waals surface area contributed by atoms with Gasteiger partial charge in [-0.15, -0.1) is 0 Å². The van der Waals surface area contributed by atoms with E-state index in [0.717, 1.165) is 27.8 Å². The van der Waals surface area contributed by atoms with Crippen LogP contribution in [0.25, 0.3) is 11.1 Å². The zero-order valence-electron chi connectivity index (χ0n) is 22.7. The van der Waals surface area contributed by atoms with E-state index < -0.39 is 29.6 Å². The molecule has 8 heteroatoms. The van der Waals surface area contributed by atoms with Gasteiger partial charge >= 0.3 is 12.1 Å². The molecule has 1 fully saturated rings. The van der Waals surface area contributed by atoms with Crippen molar-refractivity contribution in [3.63, 3.8) is 0 Å². The number of carboxylic acid groups (broad SMARTS) is 1. The summed E-state index contributed by atoms with van der Waals surface area (Å²) in [6.45, 7) is 4.07. The maximum Gasteiger partial charge on any atom is 0.407 e. The third-order valence-corrected chi connectivity index (χ3v) is 8.01. The van der Waals surface area contributed by atoms with Gasteiger partial charge in [0.1, 0.15) is 12.6 Å². The van der Waals surface area contributed by atoms with Crippen LogP contribution >= 0.6 is 0 Å². The predicted octanol–water partition coefficient (Wildman–Crippen LogP) is 4.82. The molecule has 0 radical (unpaired) electrons. The average molecular weight is 543 g/mol. The summed E-state index contributed by atoms with van der Waals surface area (Å²) in [5, 5.41) is 12.4. The number of hydrogen-bond donors (Lipinski definition) is 2. The highest BCUT2D eigenvalue weighted by molar-refractivity contribution is 5.88. The van der Waals surface area contributed by atoms with Crippen molar-refractivity contribution in [1.29, 1.82) is 0 Å². The Bertz CT molecular complexity index is 1350. The Hall–Kier alpha value is -4.17. The first-order chi connectivity index (χ1) is 19.3. The molecule has 40 heavy (non-hydrogen) atoms. The Labute approximate surface area is 233 Å². The van der Waals surface area contributed by atoms with Gasteiger partial charge < -0.3 is 24.8 Å². The van der Waals surface area contributed by atoms with Crippen molar-refractivity contribution in [2.24, 2.45) is 5.41 Å². The van der Waals surface area contributed by atoms with E-state index in [-0.39, 0.29) is 38.1 Å². The second kappa shape index (κ2) is 11.5. The number of carbonyl (C=O) groups excluding carboxylic acids is 2. The first-order valence-corrected chi connectivity index (χ1v) is 13.6. The standard InChI is InChI=1S/C32H34N2O6/c1-21(39-18-22-10-4-3-5-11-22)28(29(35)34-17-16-32(2,20-34)30(36)37)33-31(38)40-19-27-25-14-8-6-12-23(25)24-13-7-9-15-26(24)27/h3-15,21,27-28H,16-20H2,1-2H3,(H,33,38)(H,36,37)/t21-,28+,32?/m0/s1. The molecule has 2 amide bonds. The number of carboxylic acids is 1. The minimum atomic E-state index is -1.05. The van der Waals surface area contributed by atoms with E-state index in [0.29, 0.717) is 6.42 Å². The number of rotatable bonds is 9. The van der Waals surface area contributed by atoms with Crippen LogP contribution in [-0.2, 0) is 25.7 Å². The predicted molar refractivity (Wildman–Crippen MR) is 150 cm³/mol. The van der Waals surface area contributed by atoms with E-state index in [1.54, 1.807) is 13.8 Å². The van der Waals surface area contributed by atoms with Crippen molar-refractivity contribution in [1.82, 2.24) is 10.2 Å². The second-order valence-corrected chi connectivity index (χ2v) is 10.8. The van der Waals surface area contributed by atoms with E-state index in [4.69, 9.17) is 9.47 Å². The smallest absolute Gasteiger partial charge is 0.407 e. The molecule has 1 heterocycles. The minimum absolute atomic E-state index is 0.0649. The number of hydrogen-bond acceptors (Lipinski definition) is 5. The summed E-state index contributed by atoms with van der Waals surface area (Å²) in [4.78, 5) is 40.0. The summed E-state index contributed by atoms with van der Waals surface area (Å²) in [7, 11) is 0. The summed E-state index contributed by atoms with van der Waals surface area (Å²) in [5.41, 5.74) is 4.33. The second-order valence-electron chi connectivity index (χ2n) is 10.8. The Morgan fingerprint density at radius 2 is 1.57 bits per heavy atom. The molecule has 3 atom stereocenters. The van der Waals surface area contributed by atoms with Crippen LogP contribution in [0.3, 0.4) is 0 Å². The van der Waals surface area contributed by atoms with E-state index in [9.17, 15) is 19.5 Å². The number of carbonyl (C=O) groups is 3. The number of fused-ring (bicyclic) bond motifs is 3. The van der Waals surface area contributed by atoms with Crippen LogP contribution in [0.1, 0.15) is 42.9 Å². The first-order valence-electron chi connectivity index (χ1n) is 13.6. The van der Waals surface area contributed by atoms with E-state index in [1.165, 1.54) is 4.90 Å². The molecule has 3 aromatic carbocycles. The number of alkyl carbamates (subject to hydrolysis) is 1. The van der Waals surface area contributed by atoms with Crippen molar-refractivity contribution in [3.8, 4) is 11.1 Å². The van der Waals surface area contributed by atoms with Crippen molar-refractivity contribution in [2.45, 2.75) is 44.9 Å². The summed E-state index contributed by atoms with van der Waals surface area (Å²) >= 11 is 0. The van der Waals surface area contributed by atoms with Gasteiger partial charge in [0.25, 0.3) is 0 Å². The number of aliphatic carboxylic acids is 1. The van der Waals surface area contributed by atoms with Crippen LogP contribution < -0.4 is 5.32 Å². The Balaban J connectivity index is 1.29. The van der Waals surface area contributed by atoms with Crippen LogP contribution in [-0.4, -0.2) is 59.8 Å². The summed E-state index contributed by atoms with van der Waals surface area (Å²) < 4.78 is 11.7. The molecule has 2 N–H and O–H groups in total. The van der Waals surface area contributed by atoms with Gasteiger partial charge in [0.2, 0.25) is 5.91 Å². The van der Waals surface area contributed by atoms with Crippen LogP contribution in [0, 0.1) is 5.41 Å². The SMILES string of the molecule is C[C@H](OCc1ccccc1)[C@@H](NC(=O)OCC1c2ccccc2-c2ccccc21)C(=O)N1CCC(C)(C(=O)O)C1. The van der Waals surface area contributed by atoms with E-state index in [1.807, 2.05) is 66.7 Å². The fourth-order valence-corrected chi connectivity index (χ4v) is 5.57. The van der Waals surface area contributed by atoms with Crippen molar-refractivity contribution in [3.05, 3.63) is 95.6 Å². The molecule has 208 valence electrons. The van der Waals surface area contributed by atoms with Gasteiger partial charge in [0.15, 0.2) is 0 Å². The summed E-state index contributed by atoms with van der Waals surface area (Å²) in [5.74, 6) is -1.45. The Kier molecular flexibility index (Phi) is 7.89. The number of likely N-dealkylation sites (tertiary alicyclic amines) is 1. The summed E-state index contributed by atoms with van der Waals surface area (Å²) in [6.07, 6.45) is -1.08. The average Bonchev–Trinajstić information content (AvgIpc) is 3.53. The molecule has 8 nitrogen and oxygen atoms in total. The number of amides is 2. The van der Waals surface area contributed by atoms with E-state index in [2.05, 4.69) is 17.4 Å². The normalized spacial score (nSPS) is 19.4. The zero-order valence-corrected chi connectivity index (χ0v) is 22.7. The van der Waals surface area contributed by atoms with Crippen LogP contribution in [0.2, 0.25) is 0 Å². The molecule has 5 rings (SSSR count). The van der Waals surface area contributed by atoms with Gasteiger partial charge in [-0.3, -0.25) is 9.59 Å². The van der Waals surface area contributed by atoms with Gasteiger partial charge in [-0.25, -0.2) is 4.79 Å².